The van der Waals surface area contributed by atoms with Gasteiger partial charge in [-0.1, -0.05) is 26.0 Å². The van der Waals surface area contributed by atoms with Crippen LogP contribution in [-0.2, 0) is 7.05 Å². The van der Waals surface area contributed by atoms with Gasteiger partial charge in [-0.25, -0.2) is 9.41 Å². The Bertz CT molecular complexity index is 1740. The second-order valence-electron chi connectivity index (χ2n) is 9.17. The van der Waals surface area contributed by atoms with Crippen molar-refractivity contribution in [3.63, 3.8) is 0 Å². The van der Waals surface area contributed by atoms with Gasteiger partial charge >= 0.3 is 0 Å². The van der Waals surface area contributed by atoms with Gasteiger partial charge in [-0.2, -0.15) is 0 Å². The van der Waals surface area contributed by atoms with Gasteiger partial charge in [0.2, 0.25) is 5.52 Å². The third-order valence-corrected chi connectivity index (χ3v) is 7.07. The van der Waals surface area contributed by atoms with Crippen LogP contribution in [0.25, 0.3) is 53.8 Å². The highest BCUT2D eigenvalue weighted by molar-refractivity contribution is 6.26. The zero-order valence-electron chi connectivity index (χ0n) is 18.5. The van der Waals surface area contributed by atoms with Gasteiger partial charge in [0, 0.05) is 16.8 Å². The van der Waals surface area contributed by atoms with Crippen LogP contribution in [0.2, 0.25) is 0 Å². The molecule has 3 nitrogen and oxygen atoms in total. The van der Waals surface area contributed by atoms with Crippen molar-refractivity contribution in [3.05, 3.63) is 76.8 Å². The lowest BCUT2D eigenvalue weighted by atomic mass is 9.96. The molecular weight excluding hydrogens is 378 g/mol. The predicted octanol–water partition coefficient (Wildman–Crippen LogP) is 7.11. The average molecular weight is 403 g/mol. The standard InChI is InChI=1S/C28H24N3/c1-15(2)18-7-8-21-22-11-16(3)17(4)25-27(22)31(23(21)13-18)24-14-20(29-5)12-19-9-10-30(6)28(25)26(19)24/h7-15H,1-4,6H3/q+1. The summed E-state index contributed by atoms with van der Waals surface area (Å²) in [6, 6.07) is 15.5. The quantitative estimate of drug-likeness (QED) is 0.120. The molecule has 31 heavy (non-hydrogen) atoms. The number of pyridine rings is 2. The van der Waals surface area contributed by atoms with Crippen LogP contribution < -0.4 is 4.57 Å². The first-order chi connectivity index (χ1) is 14.9. The van der Waals surface area contributed by atoms with E-state index in [-0.39, 0.29) is 0 Å². The van der Waals surface area contributed by atoms with Gasteiger partial charge in [-0.3, -0.25) is 0 Å². The van der Waals surface area contributed by atoms with Gasteiger partial charge in [-0.15, -0.1) is 0 Å². The van der Waals surface area contributed by atoms with Crippen molar-refractivity contribution in [3.8, 4) is 0 Å². The molecule has 3 aromatic heterocycles. The van der Waals surface area contributed by atoms with Crippen LogP contribution in [-0.4, -0.2) is 4.40 Å². The summed E-state index contributed by atoms with van der Waals surface area (Å²) in [6.07, 6.45) is 2.12. The molecule has 0 saturated heterocycles. The van der Waals surface area contributed by atoms with E-state index in [1.165, 1.54) is 54.8 Å². The fourth-order valence-electron chi connectivity index (χ4n) is 5.33. The molecule has 3 heterocycles. The van der Waals surface area contributed by atoms with Gasteiger partial charge in [0.15, 0.2) is 11.9 Å². The van der Waals surface area contributed by atoms with Crippen molar-refractivity contribution in [2.24, 2.45) is 7.05 Å². The van der Waals surface area contributed by atoms with Gasteiger partial charge in [0.25, 0.3) is 0 Å². The number of rotatable bonds is 1. The minimum Gasteiger partial charge on any atom is -0.309 e. The summed E-state index contributed by atoms with van der Waals surface area (Å²) in [6.45, 7) is 16.6. The van der Waals surface area contributed by atoms with E-state index in [0.717, 1.165) is 10.9 Å². The molecule has 0 spiro atoms. The van der Waals surface area contributed by atoms with E-state index >= 15 is 0 Å². The number of fused-ring (bicyclic) bond motifs is 5. The van der Waals surface area contributed by atoms with Crippen molar-refractivity contribution in [2.45, 2.75) is 33.6 Å². The zero-order chi connectivity index (χ0) is 21.6. The second kappa shape index (κ2) is 5.95. The zero-order valence-corrected chi connectivity index (χ0v) is 18.5. The molecule has 0 aliphatic carbocycles. The molecule has 0 radical (unpaired) electrons. The highest BCUT2D eigenvalue weighted by Gasteiger charge is 2.25. The summed E-state index contributed by atoms with van der Waals surface area (Å²) in [5.41, 5.74) is 9.51. The highest BCUT2D eigenvalue weighted by atomic mass is 15.0. The first kappa shape index (κ1) is 18.2. The highest BCUT2D eigenvalue weighted by Crippen LogP contribution is 2.43. The average Bonchev–Trinajstić information content (AvgIpc) is 3.08. The largest absolute Gasteiger partial charge is 0.309 e. The van der Waals surface area contributed by atoms with E-state index < -0.39 is 0 Å². The molecule has 0 N–H and O–H groups in total. The van der Waals surface area contributed by atoms with Crippen LogP contribution in [0, 0.1) is 20.4 Å². The third-order valence-electron chi connectivity index (χ3n) is 7.07. The van der Waals surface area contributed by atoms with Crippen LogP contribution in [0.4, 0.5) is 5.69 Å². The molecule has 3 aromatic carbocycles. The Morgan fingerprint density at radius 2 is 1.74 bits per heavy atom. The summed E-state index contributed by atoms with van der Waals surface area (Å²) in [5.74, 6) is 0.460. The Labute approximate surface area is 181 Å². The monoisotopic (exact) mass is 402 g/mol. The number of aromatic nitrogens is 2. The van der Waals surface area contributed by atoms with Crippen LogP contribution >= 0.6 is 0 Å². The third kappa shape index (κ3) is 2.20. The Balaban J connectivity index is 2.08. The molecule has 0 saturated carbocycles. The van der Waals surface area contributed by atoms with Gasteiger partial charge < -0.3 is 4.40 Å². The Morgan fingerprint density at radius 3 is 2.48 bits per heavy atom. The first-order valence-corrected chi connectivity index (χ1v) is 10.8. The van der Waals surface area contributed by atoms with Crippen molar-refractivity contribution in [1.82, 2.24) is 4.40 Å². The molecular formula is C28H24N3+. The van der Waals surface area contributed by atoms with Gasteiger partial charge in [0.1, 0.15) is 7.05 Å². The van der Waals surface area contributed by atoms with Crippen molar-refractivity contribution in [1.29, 1.82) is 0 Å². The first-order valence-electron chi connectivity index (χ1n) is 10.8. The summed E-state index contributed by atoms with van der Waals surface area (Å²) < 4.78 is 4.66. The molecule has 0 aliphatic rings. The van der Waals surface area contributed by atoms with Crippen molar-refractivity contribution >= 4 is 54.7 Å². The minimum absolute atomic E-state index is 0.460. The van der Waals surface area contributed by atoms with E-state index in [4.69, 9.17) is 6.57 Å². The van der Waals surface area contributed by atoms with Crippen LogP contribution in [0.15, 0.2) is 48.7 Å². The minimum atomic E-state index is 0.460. The van der Waals surface area contributed by atoms with Crippen LogP contribution in [0.5, 0.6) is 0 Å². The Morgan fingerprint density at radius 1 is 0.935 bits per heavy atom. The van der Waals surface area contributed by atoms with E-state index in [9.17, 15) is 0 Å². The van der Waals surface area contributed by atoms with Crippen LogP contribution in [0.1, 0.15) is 36.5 Å². The topological polar surface area (TPSA) is 12.7 Å². The number of aryl methyl sites for hydroxylation is 3. The molecule has 0 bridgehead atoms. The molecule has 150 valence electrons. The number of hydrogen-bond acceptors (Lipinski definition) is 0. The maximum absolute atomic E-state index is 7.68. The molecule has 0 atom stereocenters. The summed E-state index contributed by atoms with van der Waals surface area (Å²) in [7, 11) is 2.13. The van der Waals surface area contributed by atoms with E-state index in [1.54, 1.807) is 0 Å². The van der Waals surface area contributed by atoms with Crippen LogP contribution in [0.3, 0.4) is 0 Å². The summed E-state index contributed by atoms with van der Waals surface area (Å²) in [4.78, 5) is 3.80. The van der Waals surface area contributed by atoms with E-state index in [2.05, 4.69) is 91.2 Å². The molecule has 0 aliphatic heterocycles. The second-order valence-corrected chi connectivity index (χ2v) is 9.17. The molecule has 0 unspecified atom stereocenters. The Hall–Kier alpha value is -3.64. The number of benzene rings is 3. The normalized spacial score (nSPS) is 12.3. The molecule has 6 rings (SSSR count). The lowest BCUT2D eigenvalue weighted by Gasteiger charge is -2.14. The summed E-state index contributed by atoms with van der Waals surface area (Å²) >= 11 is 0. The van der Waals surface area contributed by atoms with Crippen molar-refractivity contribution < 1.29 is 4.57 Å². The lowest BCUT2D eigenvalue weighted by Crippen LogP contribution is -2.29. The van der Waals surface area contributed by atoms with Crippen molar-refractivity contribution in [2.75, 3.05) is 0 Å². The lowest BCUT2D eigenvalue weighted by molar-refractivity contribution is -0.643. The fraction of sp³-hybridized carbons (Fsp3) is 0.214. The Kier molecular flexibility index (Phi) is 3.49. The molecule has 3 heteroatoms. The smallest absolute Gasteiger partial charge is 0.224 e. The molecule has 0 fully saturated rings. The SMILES string of the molecule is [C-]#[N+]c1cc2cc[n+](C)c3c4c(C)c(C)cc5c6ccc(C(C)C)cc6n(c(c1)c23)c54. The maximum Gasteiger partial charge on any atom is 0.224 e. The summed E-state index contributed by atoms with van der Waals surface area (Å²) in [5, 5.41) is 6.24. The van der Waals surface area contributed by atoms with Gasteiger partial charge in [0.05, 0.1) is 33.9 Å². The number of hydrogen-bond donors (Lipinski definition) is 0. The van der Waals surface area contributed by atoms with E-state index in [0.29, 0.717) is 11.6 Å². The molecule has 6 aromatic rings. The van der Waals surface area contributed by atoms with Gasteiger partial charge in [-0.05, 0) is 66.1 Å². The molecule has 0 amide bonds. The fourth-order valence-corrected chi connectivity index (χ4v) is 5.33. The van der Waals surface area contributed by atoms with E-state index in [1.807, 2.05) is 6.07 Å². The predicted molar refractivity (Wildman–Crippen MR) is 130 cm³/mol. The number of nitrogens with zero attached hydrogens (tertiary/aromatic N) is 3. The maximum atomic E-state index is 7.68.